The molecule has 1 aliphatic rings. The molecule has 2 aromatic rings. The minimum Gasteiger partial charge on any atom is -0.352 e. The van der Waals surface area contributed by atoms with Gasteiger partial charge in [0, 0.05) is 6.04 Å². The topological polar surface area (TPSA) is 75.3 Å². The fourth-order valence-electron chi connectivity index (χ4n) is 4.13. The van der Waals surface area contributed by atoms with Gasteiger partial charge in [-0.2, -0.15) is 4.72 Å². The Balaban J connectivity index is 1.79. The zero-order valence-electron chi connectivity index (χ0n) is 19.4. The third-order valence-electron chi connectivity index (χ3n) is 6.68. The molecular weight excluding hydrogens is 420 g/mol. The zero-order valence-corrected chi connectivity index (χ0v) is 20.3. The molecule has 2 aromatic carbocycles. The summed E-state index contributed by atoms with van der Waals surface area (Å²) >= 11 is 0. The van der Waals surface area contributed by atoms with Gasteiger partial charge in [-0.25, -0.2) is 8.42 Å². The van der Waals surface area contributed by atoms with Crippen LogP contribution in [0.2, 0.25) is 0 Å². The number of amides is 1. The summed E-state index contributed by atoms with van der Waals surface area (Å²) in [5.41, 5.74) is 1.99. The molecular formula is C26H36N2O3S. The first-order valence-corrected chi connectivity index (χ1v) is 13.2. The normalized spacial score (nSPS) is 16.5. The molecule has 2 N–H and O–H groups in total. The third-order valence-corrected chi connectivity index (χ3v) is 8.17. The van der Waals surface area contributed by atoms with Crippen LogP contribution >= 0.6 is 0 Å². The molecule has 1 aliphatic carbocycles. The minimum atomic E-state index is -3.85. The van der Waals surface area contributed by atoms with E-state index in [0.29, 0.717) is 6.42 Å². The van der Waals surface area contributed by atoms with E-state index in [2.05, 4.69) is 30.8 Å². The van der Waals surface area contributed by atoms with Gasteiger partial charge in [0.15, 0.2) is 0 Å². The Morgan fingerprint density at radius 1 is 1.00 bits per heavy atom. The third kappa shape index (κ3) is 6.42. The number of hydrogen-bond acceptors (Lipinski definition) is 3. The summed E-state index contributed by atoms with van der Waals surface area (Å²) in [6, 6.07) is 15.8. The number of benzene rings is 2. The van der Waals surface area contributed by atoms with Crippen molar-refractivity contribution in [2.45, 2.75) is 88.1 Å². The van der Waals surface area contributed by atoms with Crippen LogP contribution in [0.1, 0.15) is 70.4 Å². The molecule has 5 nitrogen and oxygen atoms in total. The lowest BCUT2D eigenvalue weighted by atomic mass is 9.82. The van der Waals surface area contributed by atoms with E-state index in [1.165, 1.54) is 6.42 Å². The summed E-state index contributed by atoms with van der Waals surface area (Å²) in [6.45, 7) is 6.39. The average molecular weight is 457 g/mol. The summed E-state index contributed by atoms with van der Waals surface area (Å²) in [5.74, 6) is -0.256. The van der Waals surface area contributed by atoms with Crippen LogP contribution in [0, 0.1) is 0 Å². The monoisotopic (exact) mass is 456 g/mol. The highest BCUT2D eigenvalue weighted by Gasteiger charge is 2.28. The molecule has 1 amide bonds. The van der Waals surface area contributed by atoms with Crippen molar-refractivity contribution in [3.8, 4) is 0 Å². The van der Waals surface area contributed by atoms with Gasteiger partial charge < -0.3 is 5.32 Å². The maximum absolute atomic E-state index is 13.2. The van der Waals surface area contributed by atoms with E-state index in [1.54, 1.807) is 12.1 Å². The van der Waals surface area contributed by atoms with E-state index in [4.69, 9.17) is 0 Å². The quantitative estimate of drug-likeness (QED) is 0.574. The fraction of sp³-hybridized carbons (Fsp3) is 0.500. The van der Waals surface area contributed by atoms with E-state index in [0.717, 1.165) is 43.2 Å². The maximum Gasteiger partial charge on any atom is 0.241 e. The lowest BCUT2D eigenvalue weighted by Crippen LogP contribution is -2.50. The Morgan fingerprint density at radius 2 is 1.62 bits per heavy atom. The van der Waals surface area contributed by atoms with Crippen LogP contribution in [0.4, 0.5) is 0 Å². The molecule has 0 saturated heterocycles. The standard InChI is InChI=1S/C26H36N2O3S/c1-4-26(2,3)21-15-17-23(18-16-21)32(30,31)28-24(19-20-11-7-5-8-12-20)25(29)27-22-13-9-6-10-14-22/h5,7-8,11-12,15-18,22,24,28H,4,6,9-10,13-14,19H2,1-3H3,(H,27,29). The lowest BCUT2D eigenvalue weighted by molar-refractivity contribution is -0.123. The summed E-state index contributed by atoms with van der Waals surface area (Å²) < 4.78 is 29.0. The van der Waals surface area contributed by atoms with Crippen molar-refractivity contribution >= 4 is 15.9 Å². The predicted molar refractivity (Wildman–Crippen MR) is 129 cm³/mol. The van der Waals surface area contributed by atoms with E-state index in [1.807, 2.05) is 42.5 Å². The van der Waals surface area contributed by atoms with Gasteiger partial charge in [0.05, 0.1) is 4.90 Å². The highest BCUT2D eigenvalue weighted by Crippen LogP contribution is 2.27. The summed E-state index contributed by atoms with van der Waals surface area (Å²) in [5, 5.41) is 3.08. The second-order valence-corrected chi connectivity index (χ2v) is 11.2. The van der Waals surface area contributed by atoms with E-state index < -0.39 is 16.1 Å². The van der Waals surface area contributed by atoms with Gasteiger partial charge in [-0.3, -0.25) is 4.79 Å². The molecule has 0 aromatic heterocycles. The van der Waals surface area contributed by atoms with Crippen LogP contribution in [0.3, 0.4) is 0 Å². The summed E-state index contributed by atoms with van der Waals surface area (Å²) in [4.78, 5) is 13.3. The molecule has 1 fully saturated rings. The summed E-state index contributed by atoms with van der Waals surface area (Å²) in [6.07, 6.45) is 6.55. The van der Waals surface area contributed by atoms with Crippen molar-refractivity contribution in [3.63, 3.8) is 0 Å². The molecule has 1 saturated carbocycles. The zero-order chi connectivity index (χ0) is 23.2. The highest BCUT2D eigenvalue weighted by molar-refractivity contribution is 7.89. The first-order valence-electron chi connectivity index (χ1n) is 11.7. The molecule has 0 bridgehead atoms. The smallest absolute Gasteiger partial charge is 0.241 e. The summed E-state index contributed by atoms with van der Waals surface area (Å²) in [7, 11) is -3.85. The van der Waals surface area contributed by atoms with Crippen molar-refractivity contribution in [1.82, 2.24) is 10.0 Å². The van der Waals surface area contributed by atoms with Crippen LogP contribution in [0.25, 0.3) is 0 Å². The van der Waals surface area contributed by atoms with E-state index in [-0.39, 0.29) is 22.3 Å². The van der Waals surface area contributed by atoms with E-state index in [9.17, 15) is 13.2 Å². The molecule has 0 aliphatic heterocycles. The fourth-order valence-corrected chi connectivity index (χ4v) is 5.33. The first kappa shape index (κ1) is 24.5. The van der Waals surface area contributed by atoms with Crippen LogP contribution < -0.4 is 10.0 Å². The molecule has 0 spiro atoms. The molecule has 6 heteroatoms. The molecule has 0 heterocycles. The van der Waals surface area contributed by atoms with Crippen molar-refractivity contribution in [2.24, 2.45) is 0 Å². The largest absolute Gasteiger partial charge is 0.352 e. The van der Waals surface area contributed by atoms with Crippen LogP contribution in [0.15, 0.2) is 59.5 Å². The number of sulfonamides is 1. The molecule has 32 heavy (non-hydrogen) atoms. The van der Waals surface area contributed by atoms with Crippen LogP contribution in [-0.4, -0.2) is 26.4 Å². The van der Waals surface area contributed by atoms with Crippen LogP contribution in [-0.2, 0) is 26.7 Å². The SMILES string of the molecule is CCC(C)(C)c1ccc(S(=O)(=O)NC(Cc2ccccc2)C(=O)NC2CCCCC2)cc1. The number of carbonyl (C=O) groups excluding carboxylic acids is 1. The van der Waals surface area contributed by atoms with Gasteiger partial charge in [0.1, 0.15) is 6.04 Å². The lowest BCUT2D eigenvalue weighted by Gasteiger charge is -2.26. The second kappa shape index (κ2) is 10.6. The Bertz CT molecular complexity index is 979. The minimum absolute atomic E-state index is 0.0224. The molecule has 0 radical (unpaired) electrons. The van der Waals surface area contributed by atoms with Crippen molar-refractivity contribution < 1.29 is 13.2 Å². The Kier molecular flexibility index (Phi) is 8.12. The number of carbonyl (C=O) groups is 1. The maximum atomic E-state index is 13.2. The first-order chi connectivity index (χ1) is 15.2. The molecule has 1 atom stereocenters. The number of nitrogens with one attached hydrogen (secondary N) is 2. The number of hydrogen-bond donors (Lipinski definition) is 2. The van der Waals surface area contributed by atoms with Crippen molar-refractivity contribution in [3.05, 3.63) is 65.7 Å². The van der Waals surface area contributed by atoms with Gasteiger partial charge in [0.25, 0.3) is 0 Å². The van der Waals surface area contributed by atoms with Gasteiger partial charge in [0.2, 0.25) is 15.9 Å². The predicted octanol–water partition coefficient (Wildman–Crippen LogP) is 4.71. The van der Waals surface area contributed by atoms with Gasteiger partial charge in [-0.1, -0.05) is 82.5 Å². The van der Waals surface area contributed by atoms with Gasteiger partial charge in [-0.05, 0) is 54.4 Å². The Labute approximate surface area is 193 Å². The second-order valence-electron chi connectivity index (χ2n) is 9.47. The van der Waals surface area contributed by atoms with Gasteiger partial charge in [-0.15, -0.1) is 0 Å². The molecule has 3 rings (SSSR count). The molecule has 1 unspecified atom stereocenters. The van der Waals surface area contributed by atoms with Crippen molar-refractivity contribution in [2.75, 3.05) is 0 Å². The average Bonchev–Trinajstić information content (AvgIpc) is 2.80. The van der Waals surface area contributed by atoms with Crippen LogP contribution in [0.5, 0.6) is 0 Å². The van der Waals surface area contributed by atoms with Gasteiger partial charge >= 0.3 is 0 Å². The van der Waals surface area contributed by atoms with E-state index >= 15 is 0 Å². The van der Waals surface area contributed by atoms with Crippen molar-refractivity contribution in [1.29, 1.82) is 0 Å². The molecule has 174 valence electrons. The number of rotatable bonds is 9. The highest BCUT2D eigenvalue weighted by atomic mass is 32.2. The Hall–Kier alpha value is -2.18. The Morgan fingerprint density at radius 3 is 2.22 bits per heavy atom.